The summed E-state index contributed by atoms with van der Waals surface area (Å²) in [6.07, 6.45) is -0.243. The van der Waals surface area contributed by atoms with Crippen molar-refractivity contribution in [2.45, 2.75) is 39.1 Å². The predicted octanol–water partition coefficient (Wildman–Crippen LogP) is 3.83. The molecule has 0 fully saturated rings. The monoisotopic (exact) mass is 400 g/mol. The van der Waals surface area contributed by atoms with Crippen LogP contribution in [0.25, 0.3) is 0 Å². The number of hydrogen-bond acceptors (Lipinski definition) is 5. The highest BCUT2D eigenvalue weighted by Gasteiger charge is 2.25. The lowest BCUT2D eigenvalue weighted by Gasteiger charge is -2.26. The minimum Gasteiger partial charge on any atom is -0.481 e. The van der Waals surface area contributed by atoms with Gasteiger partial charge in [-0.1, -0.05) is 60.7 Å². The third-order valence-corrected chi connectivity index (χ3v) is 4.25. The molecule has 0 aromatic heterocycles. The molecular weight excluding hydrogens is 372 g/mol. The maximum Gasteiger partial charge on any atom is 0.309 e. The third kappa shape index (κ3) is 8.89. The molecule has 29 heavy (non-hydrogen) atoms. The van der Waals surface area contributed by atoms with Gasteiger partial charge in [0.05, 0.1) is 37.8 Å². The average Bonchev–Trinajstić information content (AvgIpc) is 2.71. The highest BCUT2D eigenvalue weighted by molar-refractivity contribution is 5.78. The van der Waals surface area contributed by atoms with Crippen molar-refractivity contribution in [3.63, 3.8) is 0 Å². The number of ether oxygens (including phenoxy) is 3. The van der Waals surface area contributed by atoms with E-state index in [4.69, 9.17) is 14.2 Å². The SMILES string of the molecule is CC(C)(COC[C@H](CC(=O)OCc1ccccc1)C(=O)O)OCc1ccccc1. The first-order valence-corrected chi connectivity index (χ1v) is 9.54. The minimum atomic E-state index is -1.09. The lowest BCUT2D eigenvalue weighted by atomic mass is 10.1. The van der Waals surface area contributed by atoms with Gasteiger partial charge >= 0.3 is 11.9 Å². The second-order valence-electron chi connectivity index (χ2n) is 7.43. The van der Waals surface area contributed by atoms with E-state index in [-0.39, 0.29) is 26.2 Å². The van der Waals surface area contributed by atoms with Crippen molar-refractivity contribution in [2.75, 3.05) is 13.2 Å². The van der Waals surface area contributed by atoms with E-state index < -0.39 is 23.5 Å². The Labute approximate surface area is 171 Å². The first-order chi connectivity index (χ1) is 13.9. The van der Waals surface area contributed by atoms with Crippen LogP contribution in [0.2, 0.25) is 0 Å². The molecule has 0 aliphatic heterocycles. The molecule has 0 spiro atoms. The van der Waals surface area contributed by atoms with Crippen molar-refractivity contribution in [3.05, 3.63) is 71.8 Å². The molecule has 0 saturated heterocycles. The quantitative estimate of drug-likeness (QED) is 0.545. The number of carboxylic acid groups (broad SMARTS) is 1. The number of carbonyl (C=O) groups is 2. The lowest BCUT2D eigenvalue weighted by molar-refractivity contribution is -0.155. The number of aliphatic carboxylic acids is 1. The summed E-state index contributed by atoms with van der Waals surface area (Å²) in [5, 5.41) is 9.37. The van der Waals surface area contributed by atoms with E-state index in [0.29, 0.717) is 6.61 Å². The van der Waals surface area contributed by atoms with Crippen LogP contribution in [0.1, 0.15) is 31.4 Å². The molecule has 0 heterocycles. The Bertz CT molecular complexity index is 757. The maximum absolute atomic E-state index is 12.0. The van der Waals surface area contributed by atoms with Crippen molar-refractivity contribution in [1.29, 1.82) is 0 Å². The Balaban J connectivity index is 1.73. The molecule has 0 bridgehead atoms. The van der Waals surface area contributed by atoms with Gasteiger partial charge < -0.3 is 19.3 Å². The summed E-state index contributed by atoms with van der Waals surface area (Å²) in [5.74, 6) is -2.63. The van der Waals surface area contributed by atoms with Crippen molar-refractivity contribution < 1.29 is 28.9 Å². The van der Waals surface area contributed by atoms with E-state index >= 15 is 0 Å². The maximum atomic E-state index is 12.0. The number of rotatable bonds is 12. The highest BCUT2D eigenvalue weighted by atomic mass is 16.5. The molecule has 0 amide bonds. The van der Waals surface area contributed by atoms with E-state index in [9.17, 15) is 14.7 Å². The third-order valence-electron chi connectivity index (χ3n) is 4.25. The number of esters is 1. The van der Waals surface area contributed by atoms with Gasteiger partial charge in [-0.15, -0.1) is 0 Å². The average molecular weight is 400 g/mol. The summed E-state index contributed by atoms with van der Waals surface area (Å²) in [6, 6.07) is 19.0. The van der Waals surface area contributed by atoms with E-state index in [2.05, 4.69) is 0 Å². The topological polar surface area (TPSA) is 82.1 Å². The summed E-state index contributed by atoms with van der Waals surface area (Å²) in [7, 11) is 0. The van der Waals surface area contributed by atoms with Gasteiger partial charge in [-0.05, 0) is 25.0 Å². The second-order valence-corrected chi connectivity index (χ2v) is 7.43. The largest absolute Gasteiger partial charge is 0.481 e. The summed E-state index contributed by atoms with van der Waals surface area (Å²) >= 11 is 0. The van der Waals surface area contributed by atoms with E-state index in [1.807, 2.05) is 74.5 Å². The van der Waals surface area contributed by atoms with Crippen molar-refractivity contribution in [2.24, 2.45) is 5.92 Å². The molecule has 2 aromatic carbocycles. The molecule has 0 radical (unpaired) electrons. The molecule has 6 heteroatoms. The molecule has 0 aliphatic carbocycles. The van der Waals surface area contributed by atoms with Gasteiger partial charge in [0.25, 0.3) is 0 Å². The van der Waals surface area contributed by atoms with Crippen molar-refractivity contribution >= 4 is 11.9 Å². The number of benzene rings is 2. The zero-order valence-electron chi connectivity index (χ0n) is 16.9. The van der Waals surface area contributed by atoms with Crippen LogP contribution in [0.5, 0.6) is 0 Å². The molecular formula is C23H28O6. The van der Waals surface area contributed by atoms with Crippen LogP contribution in [-0.2, 0) is 37.0 Å². The molecule has 1 N–H and O–H groups in total. The molecule has 156 valence electrons. The molecule has 1 atom stereocenters. The predicted molar refractivity (Wildman–Crippen MR) is 108 cm³/mol. The lowest BCUT2D eigenvalue weighted by Crippen LogP contribution is -2.33. The van der Waals surface area contributed by atoms with Crippen LogP contribution in [-0.4, -0.2) is 35.9 Å². The van der Waals surface area contributed by atoms with E-state index in [0.717, 1.165) is 11.1 Å². The normalized spacial score (nSPS) is 12.3. The van der Waals surface area contributed by atoms with Crippen LogP contribution in [0, 0.1) is 5.92 Å². The van der Waals surface area contributed by atoms with Crippen molar-refractivity contribution in [3.8, 4) is 0 Å². The van der Waals surface area contributed by atoms with Gasteiger partial charge in [-0.2, -0.15) is 0 Å². The Morgan fingerprint density at radius 1 is 0.931 bits per heavy atom. The van der Waals surface area contributed by atoms with Gasteiger partial charge in [0, 0.05) is 0 Å². The van der Waals surface area contributed by atoms with Gasteiger partial charge in [0.1, 0.15) is 6.61 Å². The summed E-state index contributed by atoms with van der Waals surface area (Å²) in [4.78, 5) is 23.4. The van der Waals surface area contributed by atoms with E-state index in [1.54, 1.807) is 0 Å². The first-order valence-electron chi connectivity index (χ1n) is 9.54. The molecule has 6 nitrogen and oxygen atoms in total. The smallest absolute Gasteiger partial charge is 0.309 e. The Kier molecular flexibility index (Phi) is 8.83. The van der Waals surface area contributed by atoms with Crippen LogP contribution in [0.4, 0.5) is 0 Å². The molecule has 2 rings (SSSR count). The zero-order chi connectivity index (χ0) is 21.1. The fourth-order valence-electron chi connectivity index (χ4n) is 2.56. The van der Waals surface area contributed by atoms with E-state index in [1.165, 1.54) is 0 Å². The van der Waals surface area contributed by atoms with Crippen LogP contribution in [0.3, 0.4) is 0 Å². The standard InChI is InChI=1S/C23H28O6/c1-23(2,29-15-19-11-7-4-8-12-19)17-27-16-20(22(25)26)13-21(24)28-14-18-9-5-3-6-10-18/h3-12,20H,13-17H2,1-2H3,(H,25,26)/t20-/m0/s1. The Hall–Kier alpha value is -2.70. The van der Waals surface area contributed by atoms with Gasteiger partial charge in [0.15, 0.2) is 0 Å². The fourth-order valence-corrected chi connectivity index (χ4v) is 2.56. The Morgan fingerprint density at radius 2 is 1.48 bits per heavy atom. The summed E-state index contributed by atoms with van der Waals surface area (Å²) in [6.45, 7) is 4.43. The molecule has 2 aromatic rings. The number of carbonyl (C=O) groups excluding carboxylic acids is 1. The van der Waals surface area contributed by atoms with Crippen LogP contribution in [0.15, 0.2) is 60.7 Å². The second kappa shape index (κ2) is 11.3. The Morgan fingerprint density at radius 3 is 2.03 bits per heavy atom. The molecule has 0 unspecified atom stereocenters. The molecule has 0 saturated carbocycles. The summed E-state index contributed by atoms with van der Waals surface area (Å²) < 4.78 is 16.6. The fraction of sp³-hybridized carbons (Fsp3) is 0.391. The summed E-state index contributed by atoms with van der Waals surface area (Å²) in [5.41, 5.74) is 1.30. The van der Waals surface area contributed by atoms with Crippen LogP contribution < -0.4 is 0 Å². The van der Waals surface area contributed by atoms with Crippen molar-refractivity contribution in [1.82, 2.24) is 0 Å². The minimum absolute atomic E-state index is 0.0894. The van der Waals surface area contributed by atoms with Gasteiger partial charge in [0.2, 0.25) is 0 Å². The van der Waals surface area contributed by atoms with Gasteiger partial charge in [-0.3, -0.25) is 9.59 Å². The first kappa shape index (κ1) is 22.6. The highest BCUT2D eigenvalue weighted by Crippen LogP contribution is 2.15. The number of carboxylic acids is 1. The molecule has 0 aliphatic rings. The number of hydrogen-bond donors (Lipinski definition) is 1. The van der Waals surface area contributed by atoms with Gasteiger partial charge in [-0.25, -0.2) is 0 Å². The zero-order valence-corrected chi connectivity index (χ0v) is 16.9. The van der Waals surface area contributed by atoms with Crippen LogP contribution >= 0.6 is 0 Å².